The summed E-state index contributed by atoms with van der Waals surface area (Å²) in [7, 11) is 0. The molecule has 1 aromatic heterocycles. The minimum absolute atomic E-state index is 0.224. The number of pyridine rings is 1. The predicted molar refractivity (Wildman–Crippen MR) is 69.2 cm³/mol. The Hall–Kier alpha value is -1.93. The lowest BCUT2D eigenvalue weighted by atomic mass is 9.86. The molecule has 100 valence electrons. The molecule has 0 saturated heterocycles. The van der Waals surface area contributed by atoms with E-state index >= 15 is 0 Å². The fraction of sp³-hybridized carbons (Fsp3) is 0.500. The number of rotatable bonds is 4. The lowest BCUT2D eigenvalue weighted by molar-refractivity contribution is -0.143. The minimum Gasteiger partial charge on any atom is -0.481 e. The Morgan fingerprint density at radius 3 is 3.16 bits per heavy atom. The van der Waals surface area contributed by atoms with E-state index in [1.54, 1.807) is 12.3 Å². The number of carboxylic acid groups (broad SMARTS) is 1. The van der Waals surface area contributed by atoms with E-state index < -0.39 is 5.97 Å². The molecule has 2 N–H and O–H groups in total. The van der Waals surface area contributed by atoms with E-state index in [1.165, 1.54) is 0 Å². The number of hydrogen-bond acceptors (Lipinski definition) is 4. The molecule has 0 aromatic carbocycles. The van der Waals surface area contributed by atoms with Crippen molar-refractivity contribution in [1.29, 1.82) is 5.26 Å². The van der Waals surface area contributed by atoms with Gasteiger partial charge in [0.1, 0.15) is 11.8 Å². The van der Waals surface area contributed by atoms with Crippen LogP contribution in [0.1, 0.15) is 36.9 Å². The summed E-state index contributed by atoms with van der Waals surface area (Å²) in [5.74, 6) is -0.916. The molecular formula is C14H17N3O2. The summed E-state index contributed by atoms with van der Waals surface area (Å²) in [6.07, 6.45) is 5.05. The third-order valence-corrected chi connectivity index (χ3v) is 3.56. The van der Waals surface area contributed by atoms with Crippen LogP contribution in [0, 0.1) is 17.2 Å². The quantitative estimate of drug-likeness (QED) is 0.859. The first kappa shape index (κ1) is 13.5. The number of aromatic nitrogens is 1. The number of carboxylic acids is 1. The van der Waals surface area contributed by atoms with Crippen LogP contribution in [-0.2, 0) is 11.3 Å². The van der Waals surface area contributed by atoms with E-state index in [2.05, 4.69) is 10.3 Å². The lowest BCUT2D eigenvalue weighted by Crippen LogP contribution is -2.36. The summed E-state index contributed by atoms with van der Waals surface area (Å²) >= 11 is 0. The first-order valence-corrected chi connectivity index (χ1v) is 6.50. The van der Waals surface area contributed by atoms with Gasteiger partial charge in [-0.15, -0.1) is 0 Å². The van der Waals surface area contributed by atoms with Crippen molar-refractivity contribution >= 4 is 5.97 Å². The van der Waals surface area contributed by atoms with Crippen molar-refractivity contribution in [2.75, 3.05) is 0 Å². The zero-order valence-electron chi connectivity index (χ0n) is 10.7. The highest BCUT2D eigenvalue weighted by atomic mass is 16.4. The second-order valence-electron chi connectivity index (χ2n) is 4.94. The van der Waals surface area contributed by atoms with Gasteiger partial charge in [0, 0.05) is 18.8 Å². The first-order chi connectivity index (χ1) is 9.19. The maximum atomic E-state index is 11.0. The SMILES string of the molecule is N#Cc1cc(CNC2CCCC(C(=O)O)C2)ccn1. The van der Waals surface area contributed by atoms with Gasteiger partial charge in [-0.2, -0.15) is 5.26 Å². The molecule has 2 atom stereocenters. The monoisotopic (exact) mass is 259 g/mol. The molecule has 1 heterocycles. The van der Waals surface area contributed by atoms with Crippen molar-refractivity contribution < 1.29 is 9.90 Å². The molecule has 5 heteroatoms. The Balaban J connectivity index is 1.88. The number of nitrogens with zero attached hydrogens (tertiary/aromatic N) is 2. The molecule has 5 nitrogen and oxygen atoms in total. The highest BCUT2D eigenvalue weighted by Gasteiger charge is 2.26. The highest BCUT2D eigenvalue weighted by Crippen LogP contribution is 2.24. The minimum atomic E-state index is -0.692. The summed E-state index contributed by atoms with van der Waals surface area (Å²) < 4.78 is 0. The molecule has 1 aliphatic carbocycles. The molecule has 1 aliphatic rings. The average Bonchev–Trinajstić information content (AvgIpc) is 2.45. The zero-order valence-corrected chi connectivity index (χ0v) is 10.7. The van der Waals surface area contributed by atoms with Crippen LogP contribution in [0.25, 0.3) is 0 Å². The van der Waals surface area contributed by atoms with Crippen LogP contribution in [0.2, 0.25) is 0 Å². The third-order valence-electron chi connectivity index (χ3n) is 3.56. The number of carbonyl (C=O) groups is 1. The number of nitriles is 1. The van der Waals surface area contributed by atoms with E-state index in [0.717, 1.165) is 24.8 Å². The van der Waals surface area contributed by atoms with Crippen LogP contribution >= 0.6 is 0 Å². The highest BCUT2D eigenvalue weighted by molar-refractivity contribution is 5.70. The van der Waals surface area contributed by atoms with Gasteiger partial charge in [0.2, 0.25) is 0 Å². The van der Waals surface area contributed by atoms with Crippen LogP contribution in [0.5, 0.6) is 0 Å². The van der Waals surface area contributed by atoms with Crippen molar-refractivity contribution in [2.45, 2.75) is 38.3 Å². The van der Waals surface area contributed by atoms with Gasteiger partial charge >= 0.3 is 5.97 Å². The van der Waals surface area contributed by atoms with Gasteiger partial charge in [-0.25, -0.2) is 4.98 Å². The summed E-state index contributed by atoms with van der Waals surface area (Å²) in [6, 6.07) is 5.88. The van der Waals surface area contributed by atoms with Gasteiger partial charge in [-0.3, -0.25) is 4.79 Å². The molecule has 19 heavy (non-hydrogen) atoms. The smallest absolute Gasteiger partial charge is 0.306 e. The summed E-state index contributed by atoms with van der Waals surface area (Å²) in [5, 5.41) is 21.2. The fourth-order valence-corrected chi connectivity index (χ4v) is 2.51. The lowest BCUT2D eigenvalue weighted by Gasteiger charge is -2.27. The Kier molecular flexibility index (Phi) is 4.48. The van der Waals surface area contributed by atoms with Crippen LogP contribution in [0.3, 0.4) is 0 Å². The van der Waals surface area contributed by atoms with E-state index in [4.69, 9.17) is 10.4 Å². The molecule has 0 amide bonds. The van der Waals surface area contributed by atoms with Crippen LogP contribution in [-0.4, -0.2) is 22.1 Å². The summed E-state index contributed by atoms with van der Waals surface area (Å²) in [6.45, 7) is 0.647. The predicted octanol–water partition coefficient (Wildman–Crippen LogP) is 1.69. The van der Waals surface area contributed by atoms with E-state index in [1.807, 2.05) is 12.1 Å². The van der Waals surface area contributed by atoms with Gasteiger partial charge in [-0.05, 0) is 37.0 Å². The summed E-state index contributed by atoms with van der Waals surface area (Å²) in [4.78, 5) is 14.9. The third kappa shape index (κ3) is 3.76. The molecule has 0 aliphatic heterocycles. The standard InChI is InChI=1S/C14H17N3O2/c15-8-13-6-10(4-5-16-13)9-17-12-3-1-2-11(7-12)14(18)19/h4-6,11-12,17H,1-3,7,9H2,(H,18,19). The molecule has 0 bridgehead atoms. The Morgan fingerprint density at radius 2 is 2.42 bits per heavy atom. The maximum absolute atomic E-state index is 11.0. The zero-order chi connectivity index (χ0) is 13.7. The molecule has 2 unspecified atom stereocenters. The molecule has 0 radical (unpaired) electrons. The van der Waals surface area contributed by atoms with E-state index in [-0.39, 0.29) is 12.0 Å². The Bertz CT molecular complexity index is 496. The second-order valence-corrected chi connectivity index (χ2v) is 4.94. The average molecular weight is 259 g/mol. The summed E-state index contributed by atoms with van der Waals surface area (Å²) in [5.41, 5.74) is 1.41. The molecule has 1 saturated carbocycles. The van der Waals surface area contributed by atoms with Crippen LogP contribution < -0.4 is 5.32 Å². The fourth-order valence-electron chi connectivity index (χ4n) is 2.51. The number of nitrogens with one attached hydrogen (secondary N) is 1. The van der Waals surface area contributed by atoms with E-state index in [0.29, 0.717) is 18.7 Å². The van der Waals surface area contributed by atoms with Crippen LogP contribution in [0.15, 0.2) is 18.3 Å². The van der Waals surface area contributed by atoms with Gasteiger partial charge in [0.15, 0.2) is 0 Å². The largest absolute Gasteiger partial charge is 0.481 e. The normalized spacial score (nSPS) is 22.7. The van der Waals surface area contributed by atoms with Crippen molar-refractivity contribution in [2.24, 2.45) is 5.92 Å². The van der Waals surface area contributed by atoms with Crippen molar-refractivity contribution in [3.05, 3.63) is 29.6 Å². The second kappa shape index (κ2) is 6.30. The maximum Gasteiger partial charge on any atom is 0.306 e. The molecule has 1 fully saturated rings. The van der Waals surface area contributed by atoms with Crippen molar-refractivity contribution in [3.63, 3.8) is 0 Å². The first-order valence-electron chi connectivity index (χ1n) is 6.50. The van der Waals surface area contributed by atoms with Gasteiger partial charge < -0.3 is 10.4 Å². The molecule has 0 spiro atoms. The van der Waals surface area contributed by atoms with Crippen molar-refractivity contribution in [3.8, 4) is 6.07 Å². The number of hydrogen-bond donors (Lipinski definition) is 2. The molecular weight excluding hydrogens is 242 g/mol. The molecule has 2 rings (SSSR count). The van der Waals surface area contributed by atoms with E-state index in [9.17, 15) is 4.79 Å². The number of aliphatic carboxylic acids is 1. The Morgan fingerprint density at radius 1 is 1.58 bits per heavy atom. The molecule has 1 aromatic rings. The van der Waals surface area contributed by atoms with Gasteiger partial charge in [0.25, 0.3) is 0 Å². The van der Waals surface area contributed by atoms with Crippen LogP contribution in [0.4, 0.5) is 0 Å². The topological polar surface area (TPSA) is 86.0 Å². The Labute approximate surface area is 112 Å². The van der Waals surface area contributed by atoms with Crippen molar-refractivity contribution in [1.82, 2.24) is 10.3 Å². The van der Waals surface area contributed by atoms with Gasteiger partial charge in [-0.1, -0.05) is 6.42 Å². The van der Waals surface area contributed by atoms with Gasteiger partial charge in [0.05, 0.1) is 5.92 Å².